The zero-order valence-corrected chi connectivity index (χ0v) is 27.6. The summed E-state index contributed by atoms with van der Waals surface area (Å²) in [4.78, 5) is 26.8. The second-order valence-electron chi connectivity index (χ2n) is 11.2. The zero-order chi connectivity index (χ0) is 31.6. The van der Waals surface area contributed by atoms with Gasteiger partial charge in [-0.1, -0.05) is 71.9 Å². The number of thioether (sulfide) groups is 1. The van der Waals surface area contributed by atoms with E-state index in [2.05, 4.69) is 44.4 Å². The molecule has 2 heterocycles. The Hall–Kier alpha value is -3.79. The number of likely N-dealkylation sites (N-methyl/N-ethyl adjacent to an activating group) is 1. The molecule has 4 aromatic rings. The van der Waals surface area contributed by atoms with Gasteiger partial charge in [0.15, 0.2) is 16.7 Å². The molecule has 1 N–H and O–H groups in total. The molecule has 1 saturated heterocycles. The maximum absolute atomic E-state index is 13.1. The normalized spacial score (nSPS) is 13.8. The third-order valence-electron chi connectivity index (χ3n) is 7.96. The summed E-state index contributed by atoms with van der Waals surface area (Å²) >= 11 is 7.90. The van der Waals surface area contributed by atoms with E-state index in [0.717, 1.165) is 62.4 Å². The summed E-state index contributed by atoms with van der Waals surface area (Å²) < 4.78 is 10.8. The van der Waals surface area contributed by atoms with E-state index >= 15 is 0 Å². The number of hydrogen-bond acceptors (Lipinski definition) is 8. The van der Waals surface area contributed by atoms with Crippen molar-refractivity contribution < 1.29 is 14.3 Å². The van der Waals surface area contributed by atoms with Gasteiger partial charge in [-0.2, -0.15) is 0 Å². The second-order valence-corrected chi connectivity index (χ2v) is 12.5. The van der Waals surface area contributed by atoms with Crippen molar-refractivity contribution in [1.82, 2.24) is 20.2 Å². The number of aromatic nitrogens is 2. The lowest BCUT2D eigenvalue weighted by Gasteiger charge is -2.32. The first-order valence-electron chi connectivity index (χ1n) is 15.2. The van der Waals surface area contributed by atoms with Gasteiger partial charge in [-0.3, -0.25) is 9.69 Å². The molecule has 10 heteroatoms. The molecule has 0 spiro atoms. The van der Waals surface area contributed by atoms with Crippen LogP contribution in [0.25, 0.3) is 0 Å². The Morgan fingerprint density at radius 1 is 0.933 bits per heavy atom. The van der Waals surface area contributed by atoms with Gasteiger partial charge < -0.3 is 19.7 Å². The SMILES string of the molecule is COc1ccc(CCN(C)c2cc(Cl)nc(SCc3cccc(C(=O)NC4CCN(Cc5ccccc5)CC4)c3)n2)cc1OC. The van der Waals surface area contributed by atoms with Crippen LogP contribution in [0.5, 0.6) is 11.5 Å². The summed E-state index contributed by atoms with van der Waals surface area (Å²) in [7, 11) is 5.26. The Labute approximate surface area is 275 Å². The van der Waals surface area contributed by atoms with Crippen LogP contribution < -0.4 is 19.7 Å². The van der Waals surface area contributed by atoms with Crippen LogP contribution in [-0.2, 0) is 18.7 Å². The minimum Gasteiger partial charge on any atom is -0.493 e. The van der Waals surface area contributed by atoms with Gasteiger partial charge in [-0.25, -0.2) is 9.97 Å². The molecule has 0 atom stereocenters. The van der Waals surface area contributed by atoms with Crippen LogP contribution in [0.3, 0.4) is 0 Å². The zero-order valence-electron chi connectivity index (χ0n) is 26.0. The molecule has 236 valence electrons. The number of nitrogens with zero attached hydrogens (tertiary/aromatic N) is 4. The smallest absolute Gasteiger partial charge is 0.251 e. The molecule has 1 aromatic heterocycles. The Bertz CT molecular complexity index is 1570. The molecule has 8 nitrogen and oxygen atoms in total. The molecule has 1 aliphatic rings. The highest BCUT2D eigenvalue weighted by atomic mass is 35.5. The van der Waals surface area contributed by atoms with Crippen molar-refractivity contribution in [3.8, 4) is 11.5 Å². The van der Waals surface area contributed by atoms with Crippen LogP contribution in [0.2, 0.25) is 5.15 Å². The minimum atomic E-state index is -0.0271. The van der Waals surface area contributed by atoms with Crippen LogP contribution in [0.4, 0.5) is 5.82 Å². The van der Waals surface area contributed by atoms with Crippen LogP contribution in [0, 0.1) is 0 Å². The summed E-state index contributed by atoms with van der Waals surface area (Å²) in [5, 5.41) is 4.23. The molecule has 3 aromatic carbocycles. The lowest BCUT2D eigenvalue weighted by atomic mass is 10.0. The summed E-state index contributed by atoms with van der Waals surface area (Å²) in [6.45, 7) is 3.64. The van der Waals surface area contributed by atoms with Crippen molar-refractivity contribution in [2.75, 3.05) is 45.8 Å². The Morgan fingerprint density at radius 3 is 2.44 bits per heavy atom. The lowest BCUT2D eigenvalue weighted by molar-refractivity contribution is 0.0909. The van der Waals surface area contributed by atoms with Crippen molar-refractivity contribution in [3.05, 3.63) is 106 Å². The molecule has 5 rings (SSSR count). The fraction of sp³-hybridized carbons (Fsp3) is 0.343. The third kappa shape index (κ3) is 9.36. The van der Waals surface area contributed by atoms with Gasteiger partial charge >= 0.3 is 0 Å². The number of benzene rings is 3. The number of likely N-dealkylation sites (tertiary alicyclic amines) is 1. The van der Waals surface area contributed by atoms with E-state index in [1.165, 1.54) is 17.3 Å². The predicted octanol–water partition coefficient (Wildman–Crippen LogP) is 6.51. The summed E-state index contributed by atoms with van der Waals surface area (Å²) in [6, 6.07) is 26.2. The van der Waals surface area contributed by atoms with Crippen molar-refractivity contribution in [2.24, 2.45) is 0 Å². The second kappa shape index (κ2) is 16.0. The summed E-state index contributed by atoms with van der Waals surface area (Å²) in [5.41, 5.74) is 4.15. The number of halogens is 1. The van der Waals surface area contributed by atoms with Gasteiger partial charge in [-0.15, -0.1) is 0 Å². The first kappa shape index (κ1) is 32.6. The van der Waals surface area contributed by atoms with Gasteiger partial charge in [0.1, 0.15) is 11.0 Å². The molecule has 1 aliphatic heterocycles. The quantitative estimate of drug-likeness (QED) is 0.100. The summed E-state index contributed by atoms with van der Waals surface area (Å²) in [5.74, 6) is 2.76. The standard InChI is InChI=1S/C35H40ClN5O3S/c1-40(17-14-25-12-13-30(43-2)31(21-25)44-3)33-22-32(36)38-35(39-33)45-24-27-10-7-11-28(20-27)34(42)37-29-15-18-41(19-16-29)23-26-8-5-4-6-9-26/h4-13,20-22,29H,14-19,23-24H2,1-3H3,(H,37,42). The molecule has 0 bridgehead atoms. The van der Waals surface area contributed by atoms with Crippen molar-refractivity contribution >= 4 is 35.1 Å². The average Bonchev–Trinajstić information content (AvgIpc) is 3.07. The first-order valence-corrected chi connectivity index (χ1v) is 16.5. The highest BCUT2D eigenvalue weighted by Gasteiger charge is 2.21. The number of methoxy groups -OCH3 is 2. The summed E-state index contributed by atoms with van der Waals surface area (Å²) in [6.07, 6.45) is 2.69. The van der Waals surface area contributed by atoms with Crippen molar-refractivity contribution in [3.63, 3.8) is 0 Å². The number of rotatable bonds is 13. The lowest BCUT2D eigenvalue weighted by Crippen LogP contribution is -2.44. The topological polar surface area (TPSA) is 79.8 Å². The number of nitrogens with one attached hydrogen (secondary N) is 1. The number of amides is 1. The molecular weight excluding hydrogens is 606 g/mol. The fourth-order valence-corrected chi connectivity index (χ4v) is 6.41. The van der Waals surface area contributed by atoms with E-state index in [1.54, 1.807) is 20.3 Å². The number of piperidine rings is 1. The van der Waals surface area contributed by atoms with E-state index in [9.17, 15) is 4.79 Å². The average molecular weight is 646 g/mol. The van der Waals surface area contributed by atoms with Gasteiger partial charge in [0.2, 0.25) is 0 Å². The Kier molecular flexibility index (Phi) is 11.6. The van der Waals surface area contributed by atoms with Gasteiger partial charge in [0, 0.05) is 56.7 Å². The molecule has 0 aliphatic carbocycles. The number of carbonyl (C=O) groups excluding carboxylic acids is 1. The van der Waals surface area contributed by atoms with E-state index in [0.29, 0.717) is 33.1 Å². The molecule has 1 fully saturated rings. The Morgan fingerprint density at radius 2 is 1.69 bits per heavy atom. The first-order chi connectivity index (χ1) is 21.9. The minimum absolute atomic E-state index is 0.0271. The number of carbonyl (C=O) groups is 1. The van der Waals surface area contributed by atoms with Crippen molar-refractivity contribution in [1.29, 1.82) is 0 Å². The molecule has 1 amide bonds. The van der Waals surface area contributed by atoms with Crippen LogP contribution in [0.1, 0.15) is 39.9 Å². The third-order valence-corrected chi connectivity index (χ3v) is 9.08. The van der Waals surface area contributed by atoms with Crippen LogP contribution >= 0.6 is 23.4 Å². The van der Waals surface area contributed by atoms with E-state index in [-0.39, 0.29) is 11.9 Å². The van der Waals surface area contributed by atoms with Gasteiger partial charge in [0.25, 0.3) is 5.91 Å². The van der Waals surface area contributed by atoms with Gasteiger partial charge in [-0.05, 0) is 60.2 Å². The Balaban J connectivity index is 1.12. The fourth-order valence-electron chi connectivity index (χ4n) is 5.39. The molecular formula is C35H40ClN5O3S. The highest BCUT2D eigenvalue weighted by molar-refractivity contribution is 7.98. The monoisotopic (exact) mass is 645 g/mol. The maximum Gasteiger partial charge on any atom is 0.251 e. The predicted molar refractivity (Wildman–Crippen MR) is 182 cm³/mol. The number of hydrogen-bond donors (Lipinski definition) is 1. The molecule has 0 unspecified atom stereocenters. The largest absolute Gasteiger partial charge is 0.493 e. The van der Waals surface area contributed by atoms with E-state index in [1.807, 2.05) is 55.6 Å². The van der Waals surface area contributed by atoms with Crippen LogP contribution in [-0.4, -0.2) is 67.7 Å². The highest BCUT2D eigenvalue weighted by Crippen LogP contribution is 2.28. The van der Waals surface area contributed by atoms with E-state index in [4.69, 9.17) is 26.1 Å². The van der Waals surface area contributed by atoms with Gasteiger partial charge in [0.05, 0.1) is 14.2 Å². The number of anilines is 1. The molecule has 0 radical (unpaired) electrons. The van der Waals surface area contributed by atoms with Crippen molar-refractivity contribution in [2.45, 2.75) is 42.8 Å². The molecule has 45 heavy (non-hydrogen) atoms. The maximum atomic E-state index is 13.1. The van der Waals surface area contributed by atoms with Crippen LogP contribution in [0.15, 0.2) is 84.0 Å². The van der Waals surface area contributed by atoms with E-state index < -0.39 is 0 Å². The molecule has 0 saturated carbocycles. The number of ether oxygens (including phenoxy) is 2.